The molecule has 310 valence electrons. The standard InChI is InChI=1S/C58H53N4O/c1-56(2,3)43-33-44(57(4,5)6)35-46(34-43)61-39-60(52-27-16-17-28-53(52)61)45-23-18-24-47(37-45)63-48-29-30-50-49-25-14-15-26-51(49)62(54(50)38-48)55-36-42(31-32-59-55)58(7,40-19-10-8-11-20-40)41-21-12-9-13-22-41/h8-39H,1-7H3/q+1. The summed E-state index contributed by atoms with van der Waals surface area (Å²) >= 11 is 0. The largest absolute Gasteiger partial charge is 0.457 e. The number of imidazole rings is 1. The number of pyridine rings is 1. The van der Waals surface area contributed by atoms with Gasteiger partial charge in [0.15, 0.2) is 11.0 Å². The molecular weight excluding hydrogens is 769 g/mol. The van der Waals surface area contributed by atoms with Crippen LogP contribution in [-0.4, -0.2) is 14.1 Å². The van der Waals surface area contributed by atoms with Crippen molar-refractivity contribution in [2.45, 2.75) is 64.7 Å². The molecule has 7 aromatic carbocycles. The van der Waals surface area contributed by atoms with Crippen LogP contribution in [0, 0.1) is 0 Å². The normalized spacial score (nSPS) is 12.4. The lowest BCUT2D eigenvalue weighted by Gasteiger charge is -2.32. The molecule has 10 rings (SSSR count). The maximum atomic E-state index is 6.79. The van der Waals surface area contributed by atoms with Gasteiger partial charge in [-0.2, -0.15) is 9.13 Å². The van der Waals surface area contributed by atoms with Crippen LogP contribution in [0.1, 0.15) is 76.3 Å². The van der Waals surface area contributed by atoms with Crippen molar-refractivity contribution in [2.75, 3.05) is 0 Å². The third-order valence-electron chi connectivity index (χ3n) is 12.8. The molecule has 0 saturated heterocycles. The topological polar surface area (TPSA) is 35.9 Å². The van der Waals surface area contributed by atoms with E-state index in [1.54, 1.807) is 0 Å². The minimum atomic E-state index is -0.408. The molecule has 0 atom stereocenters. The van der Waals surface area contributed by atoms with Crippen molar-refractivity contribution < 1.29 is 9.30 Å². The maximum Gasteiger partial charge on any atom is 0.255 e. The first-order valence-electron chi connectivity index (χ1n) is 21.9. The fourth-order valence-electron chi connectivity index (χ4n) is 9.13. The number of hydrogen-bond acceptors (Lipinski definition) is 2. The number of fused-ring (bicyclic) bond motifs is 4. The van der Waals surface area contributed by atoms with Crippen LogP contribution in [0.5, 0.6) is 11.5 Å². The number of rotatable bonds is 8. The van der Waals surface area contributed by atoms with Gasteiger partial charge in [-0.05, 0) is 112 Å². The Balaban J connectivity index is 1.05. The number of hydrogen-bond donors (Lipinski definition) is 0. The molecule has 63 heavy (non-hydrogen) atoms. The van der Waals surface area contributed by atoms with Crippen molar-refractivity contribution in [3.63, 3.8) is 0 Å². The van der Waals surface area contributed by atoms with Gasteiger partial charge >= 0.3 is 0 Å². The number of aromatic nitrogens is 4. The van der Waals surface area contributed by atoms with Crippen molar-refractivity contribution in [3.8, 4) is 28.7 Å². The molecular formula is C58H53N4O+. The predicted molar refractivity (Wildman–Crippen MR) is 259 cm³/mol. The quantitative estimate of drug-likeness (QED) is 0.143. The summed E-state index contributed by atoms with van der Waals surface area (Å²) in [6.45, 7) is 16.1. The lowest BCUT2D eigenvalue weighted by molar-refractivity contribution is -0.567. The molecule has 5 nitrogen and oxygen atoms in total. The van der Waals surface area contributed by atoms with Crippen LogP contribution in [0.15, 0.2) is 195 Å². The van der Waals surface area contributed by atoms with Crippen LogP contribution in [0.25, 0.3) is 50.0 Å². The Morgan fingerprint density at radius 3 is 1.75 bits per heavy atom. The summed E-state index contributed by atoms with van der Waals surface area (Å²) in [5.74, 6) is 2.36. The Hall–Kier alpha value is -7.24. The van der Waals surface area contributed by atoms with Gasteiger partial charge in [0.25, 0.3) is 6.33 Å². The SMILES string of the molecule is CC(C)(C)c1cc(-[n+]2cn(-c3cccc(Oc4ccc5c6ccccc6n(-c6cc(C(C)(c7ccccc7)c7ccccc7)ccn6)c5c4)c3)c3ccccc32)cc(C(C)(C)C)c1. The molecule has 0 unspecified atom stereocenters. The lowest BCUT2D eigenvalue weighted by atomic mass is 9.71. The van der Waals surface area contributed by atoms with Gasteiger partial charge < -0.3 is 4.74 Å². The summed E-state index contributed by atoms with van der Waals surface area (Å²) in [7, 11) is 0. The zero-order valence-electron chi connectivity index (χ0n) is 37.2. The van der Waals surface area contributed by atoms with E-state index in [1.165, 1.54) is 22.3 Å². The fourth-order valence-corrected chi connectivity index (χ4v) is 9.13. The van der Waals surface area contributed by atoms with Crippen molar-refractivity contribution in [2.24, 2.45) is 0 Å². The second-order valence-corrected chi connectivity index (χ2v) is 19.0. The van der Waals surface area contributed by atoms with Crippen LogP contribution in [-0.2, 0) is 16.2 Å². The van der Waals surface area contributed by atoms with Crippen molar-refractivity contribution in [3.05, 3.63) is 222 Å². The monoisotopic (exact) mass is 821 g/mol. The molecule has 10 aromatic rings. The van der Waals surface area contributed by atoms with Gasteiger partial charge in [0.05, 0.1) is 11.0 Å². The van der Waals surface area contributed by atoms with Crippen LogP contribution in [0.4, 0.5) is 0 Å². The maximum absolute atomic E-state index is 6.79. The molecule has 0 aliphatic heterocycles. The van der Waals surface area contributed by atoms with Crippen molar-refractivity contribution in [1.29, 1.82) is 0 Å². The summed E-state index contributed by atoms with van der Waals surface area (Å²) in [6.07, 6.45) is 4.16. The molecule has 0 amide bonds. The van der Waals surface area contributed by atoms with Crippen molar-refractivity contribution >= 4 is 32.8 Å². The molecule has 5 heteroatoms. The Bertz CT molecular complexity index is 3220. The number of para-hydroxylation sites is 3. The van der Waals surface area contributed by atoms with E-state index in [2.05, 4.69) is 244 Å². The first-order chi connectivity index (χ1) is 30.4. The third kappa shape index (κ3) is 7.17. The van der Waals surface area contributed by atoms with Crippen LogP contribution < -0.4 is 9.30 Å². The van der Waals surface area contributed by atoms with Gasteiger partial charge in [0, 0.05) is 34.5 Å². The summed E-state index contributed by atoms with van der Waals surface area (Å²) in [6, 6.07) is 65.0. The first kappa shape index (κ1) is 39.9. The van der Waals surface area contributed by atoms with Crippen molar-refractivity contribution in [1.82, 2.24) is 14.1 Å². The van der Waals surface area contributed by atoms with Gasteiger partial charge in [-0.25, -0.2) is 4.98 Å². The molecule has 0 fully saturated rings. The molecule has 0 saturated carbocycles. The van der Waals surface area contributed by atoms with Gasteiger partial charge in [-0.1, -0.05) is 145 Å². The van der Waals surface area contributed by atoms with Gasteiger partial charge in [0.1, 0.15) is 28.7 Å². The van der Waals surface area contributed by atoms with E-state index < -0.39 is 5.41 Å². The van der Waals surface area contributed by atoms with E-state index in [-0.39, 0.29) is 10.8 Å². The molecule has 0 aliphatic rings. The predicted octanol–water partition coefficient (Wildman–Crippen LogP) is 14.1. The molecule has 0 spiro atoms. The number of benzene rings is 7. The van der Waals surface area contributed by atoms with Crippen LogP contribution in [0.2, 0.25) is 0 Å². The highest BCUT2D eigenvalue weighted by atomic mass is 16.5. The fraction of sp³-hybridized carbons (Fsp3) is 0.172. The van der Waals surface area contributed by atoms with E-state index >= 15 is 0 Å². The third-order valence-corrected chi connectivity index (χ3v) is 12.8. The van der Waals surface area contributed by atoms with Crippen LogP contribution in [0.3, 0.4) is 0 Å². The Labute approximate surface area is 370 Å². The van der Waals surface area contributed by atoms with E-state index in [4.69, 9.17) is 9.72 Å². The minimum absolute atomic E-state index is 0.00464. The van der Waals surface area contributed by atoms with E-state index in [0.29, 0.717) is 0 Å². The zero-order chi connectivity index (χ0) is 43.5. The summed E-state index contributed by atoms with van der Waals surface area (Å²) in [5.41, 5.74) is 12.4. The number of nitrogens with zero attached hydrogens (tertiary/aromatic N) is 4. The second-order valence-electron chi connectivity index (χ2n) is 19.0. The Morgan fingerprint density at radius 1 is 0.460 bits per heavy atom. The van der Waals surface area contributed by atoms with Gasteiger partial charge in [0.2, 0.25) is 0 Å². The average Bonchev–Trinajstić information content (AvgIpc) is 3.85. The lowest BCUT2D eigenvalue weighted by Crippen LogP contribution is -2.31. The van der Waals surface area contributed by atoms with Gasteiger partial charge in [-0.3, -0.25) is 4.57 Å². The molecule has 0 bridgehead atoms. The highest BCUT2D eigenvalue weighted by Gasteiger charge is 2.32. The second kappa shape index (κ2) is 15.3. The highest BCUT2D eigenvalue weighted by molar-refractivity contribution is 6.09. The molecule has 3 heterocycles. The average molecular weight is 822 g/mol. The van der Waals surface area contributed by atoms with E-state index in [1.807, 2.05) is 12.3 Å². The molecule has 0 radical (unpaired) electrons. The van der Waals surface area contributed by atoms with Crippen LogP contribution >= 0.6 is 0 Å². The Morgan fingerprint density at radius 2 is 1.06 bits per heavy atom. The minimum Gasteiger partial charge on any atom is -0.457 e. The first-order valence-corrected chi connectivity index (χ1v) is 21.9. The van der Waals surface area contributed by atoms with Gasteiger partial charge in [-0.15, -0.1) is 0 Å². The zero-order valence-corrected chi connectivity index (χ0v) is 37.2. The van der Waals surface area contributed by atoms with E-state index in [0.717, 1.165) is 67.1 Å². The number of ether oxygens (including phenoxy) is 1. The summed E-state index contributed by atoms with van der Waals surface area (Å²) in [4.78, 5) is 5.04. The van der Waals surface area contributed by atoms with E-state index in [9.17, 15) is 0 Å². The summed E-state index contributed by atoms with van der Waals surface area (Å²) in [5, 5.41) is 2.30. The molecule has 0 aliphatic carbocycles. The molecule has 3 aromatic heterocycles. The molecule has 0 N–H and O–H groups in total. The smallest absolute Gasteiger partial charge is 0.255 e. The Kier molecular flexibility index (Phi) is 9.67. The summed E-state index contributed by atoms with van der Waals surface area (Å²) < 4.78 is 13.7. The highest BCUT2D eigenvalue weighted by Crippen LogP contribution is 2.41.